The standard InChI is InChI=1S/C29H23N/c1-18-19(2)29(3,4)24-17-27(22-13-5-6-14-23(22)28(18)24)30-25-15-9-7-11-20(25)21-12-8-10-16-26(21)30/h5-17H,1-2H2,3-4H3. The number of benzene rings is 4. The maximum atomic E-state index is 4.41. The van der Waals surface area contributed by atoms with E-state index in [2.05, 4.69) is 110 Å². The summed E-state index contributed by atoms with van der Waals surface area (Å²) in [5.74, 6) is 0. The fraction of sp³-hybridized carbons (Fsp3) is 0.103. The molecule has 30 heavy (non-hydrogen) atoms. The lowest BCUT2D eigenvalue weighted by molar-refractivity contribution is 0.663. The molecule has 0 spiro atoms. The highest BCUT2D eigenvalue weighted by Crippen LogP contribution is 2.52. The molecular formula is C29H23N. The highest BCUT2D eigenvalue weighted by Gasteiger charge is 2.38. The van der Waals surface area contributed by atoms with E-state index in [0.717, 1.165) is 11.1 Å². The maximum absolute atomic E-state index is 4.41. The molecule has 0 saturated carbocycles. The fourth-order valence-electron chi connectivity index (χ4n) is 5.23. The van der Waals surface area contributed by atoms with Gasteiger partial charge in [0.25, 0.3) is 0 Å². The summed E-state index contributed by atoms with van der Waals surface area (Å²) in [6.45, 7) is 13.3. The summed E-state index contributed by atoms with van der Waals surface area (Å²) < 4.78 is 2.42. The first-order valence-corrected chi connectivity index (χ1v) is 10.4. The number of fused-ring (bicyclic) bond motifs is 6. The Morgan fingerprint density at radius 1 is 0.667 bits per heavy atom. The normalized spacial score (nSPS) is 15.4. The summed E-state index contributed by atoms with van der Waals surface area (Å²) in [6, 6.07) is 28.5. The van der Waals surface area contributed by atoms with Crippen molar-refractivity contribution < 1.29 is 0 Å². The number of nitrogens with zero attached hydrogens (tertiary/aromatic N) is 1. The largest absolute Gasteiger partial charge is 0.309 e. The molecule has 0 radical (unpaired) electrons. The van der Waals surface area contributed by atoms with Gasteiger partial charge in [-0.2, -0.15) is 0 Å². The van der Waals surface area contributed by atoms with Crippen molar-refractivity contribution in [2.45, 2.75) is 19.3 Å². The van der Waals surface area contributed by atoms with E-state index >= 15 is 0 Å². The van der Waals surface area contributed by atoms with Gasteiger partial charge in [0.15, 0.2) is 0 Å². The smallest absolute Gasteiger partial charge is 0.0544 e. The second-order valence-corrected chi connectivity index (χ2v) is 8.82. The molecule has 0 atom stereocenters. The van der Waals surface area contributed by atoms with Crippen LogP contribution < -0.4 is 0 Å². The molecule has 1 aliphatic rings. The monoisotopic (exact) mass is 385 g/mol. The summed E-state index contributed by atoms with van der Waals surface area (Å²) in [7, 11) is 0. The molecule has 0 fully saturated rings. The number of para-hydroxylation sites is 2. The van der Waals surface area contributed by atoms with E-state index in [-0.39, 0.29) is 5.41 Å². The molecule has 1 heterocycles. The average molecular weight is 386 g/mol. The minimum atomic E-state index is -0.135. The molecule has 1 aromatic heterocycles. The SMILES string of the molecule is C=C1C(=C)C(C)(C)c2cc(-n3c4ccccc4c4ccccc43)c3ccccc3c21. The number of hydrogen-bond donors (Lipinski definition) is 0. The van der Waals surface area contributed by atoms with Crippen molar-refractivity contribution in [3.63, 3.8) is 0 Å². The van der Waals surface area contributed by atoms with Crippen LogP contribution in [0.25, 0.3) is 43.8 Å². The summed E-state index contributed by atoms with van der Waals surface area (Å²) in [5, 5.41) is 5.06. The fourth-order valence-corrected chi connectivity index (χ4v) is 5.23. The summed E-state index contributed by atoms with van der Waals surface area (Å²) in [5.41, 5.74) is 8.30. The van der Waals surface area contributed by atoms with Gasteiger partial charge in [0.2, 0.25) is 0 Å². The van der Waals surface area contributed by atoms with Gasteiger partial charge in [-0.25, -0.2) is 0 Å². The minimum absolute atomic E-state index is 0.135. The molecule has 4 aromatic carbocycles. The Kier molecular flexibility index (Phi) is 3.30. The van der Waals surface area contributed by atoms with Gasteiger partial charge in [-0.3, -0.25) is 0 Å². The van der Waals surface area contributed by atoms with Crippen molar-refractivity contribution in [3.05, 3.63) is 109 Å². The Balaban J connectivity index is 1.85. The average Bonchev–Trinajstić information content (AvgIpc) is 3.19. The number of allylic oxidation sites excluding steroid dienone is 2. The van der Waals surface area contributed by atoms with Crippen LogP contribution in [-0.2, 0) is 5.41 Å². The highest BCUT2D eigenvalue weighted by molar-refractivity contribution is 6.12. The van der Waals surface area contributed by atoms with E-state index < -0.39 is 0 Å². The van der Waals surface area contributed by atoms with Crippen molar-refractivity contribution >= 4 is 38.2 Å². The van der Waals surface area contributed by atoms with Gasteiger partial charge in [0.05, 0.1) is 16.7 Å². The van der Waals surface area contributed by atoms with Crippen molar-refractivity contribution in [2.75, 3.05) is 0 Å². The van der Waals surface area contributed by atoms with Crippen molar-refractivity contribution in [1.82, 2.24) is 4.57 Å². The van der Waals surface area contributed by atoms with E-state index in [4.69, 9.17) is 0 Å². The lowest BCUT2D eigenvalue weighted by atomic mass is 9.82. The molecule has 0 aliphatic heterocycles. The molecule has 1 nitrogen and oxygen atoms in total. The number of rotatable bonds is 1. The van der Waals surface area contributed by atoms with Crippen molar-refractivity contribution in [1.29, 1.82) is 0 Å². The molecule has 0 bridgehead atoms. The predicted molar refractivity (Wildman–Crippen MR) is 129 cm³/mol. The third-order valence-electron chi connectivity index (χ3n) is 6.94. The van der Waals surface area contributed by atoms with Crippen LogP contribution in [0.5, 0.6) is 0 Å². The molecule has 1 aliphatic carbocycles. The quantitative estimate of drug-likeness (QED) is 0.277. The van der Waals surface area contributed by atoms with Gasteiger partial charge in [0, 0.05) is 21.6 Å². The Morgan fingerprint density at radius 2 is 1.17 bits per heavy atom. The molecular weight excluding hydrogens is 362 g/mol. The molecule has 144 valence electrons. The Bertz CT molecular complexity index is 1490. The van der Waals surface area contributed by atoms with E-state index in [1.165, 1.54) is 49.4 Å². The van der Waals surface area contributed by atoms with Crippen molar-refractivity contribution in [2.24, 2.45) is 0 Å². The molecule has 0 unspecified atom stereocenters. The predicted octanol–water partition coefficient (Wildman–Crippen LogP) is 7.80. The van der Waals surface area contributed by atoms with Crippen LogP contribution in [0, 0.1) is 0 Å². The summed E-state index contributed by atoms with van der Waals surface area (Å²) in [6.07, 6.45) is 0. The van der Waals surface area contributed by atoms with Crippen LogP contribution in [0.2, 0.25) is 0 Å². The zero-order valence-electron chi connectivity index (χ0n) is 17.4. The second-order valence-electron chi connectivity index (χ2n) is 8.82. The first kappa shape index (κ1) is 17.3. The van der Waals surface area contributed by atoms with Crippen LogP contribution in [-0.4, -0.2) is 4.57 Å². The molecule has 0 N–H and O–H groups in total. The Hall–Kier alpha value is -3.58. The van der Waals surface area contributed by atoms with Gasteiger partial charge in [0.1, 0.15) is 0 Å². The van der Waals surface area contributed by atoms with Gasteiger partial charge in [-0.05, 0) is 45.9 Å². The van der Waals surface area contributed by atoms with Crippen LogP contribution in [0.3, 0.4) is 0 Å². The van der Waals surface area contributed by atoms with Gasteiger partial charge in [-0.15, -0.1) is 0 Å². The van der Waals surface area contributed by atoms with Crippen LogP contribution >= 0.6 is 0 Å². The molecule has 5 aromatic rings. The molecule has 6 rings (SSSR count). The highest BCUT2D eigenvalue weighted by atomic mass is 15.0. The van der Waals surface area contributed by atoms with E-state index in [1.54, 1.807) is 0 Å². The first-order valence-electron chi connectivity index (χ1n) is 10.4. The molecule has 0 saturated heterocycles. The van der Waals surface area contributed by atoms with Gasteiger partial charge >= 0.3 is 0 Å². The van der Waals surface area contributed by atoms with E-state index in [1.807, 2.05) is 0 Å². The first-order chi connectivity index (χ1) is 14.5. The lowest BCUT2D eigenvalue weighted by Crippen LogP contribution is -2.15. The number of hydrogen-bond acceptors (Lipinski definition) is 0. The zero-order valence-corrected chi connectivity index (χ0v) is 17.4. The minimum Gasteiger partial charge on any atom is -0.309 e. The second kappa shape index (κ2) is 5.73. The Morgan fingerprint density at radius 3 is 1.77 bits per heavy atom. The van der Waals surface area contributed by atoms with E-state index in [0.29, 0.717) is 0 Å². The summed E-state index contributed by atoms with van der Waals surface area (Å²) >= 11 is 0. The lowest BCUT2D eigenvalue weighted by Gasteiger charge is -2.22. The third-order valence-corrected chi connectivity index (χ3v) is 6.94. The molecule has 1 heteroatoms. The topological polar surface area (TPSA) is 4.93 Å². The molecule has 0 amide bonds. The van der Waals surface area contributed by atoms with E-state index in [9.17, 15) is 0 Å². The Labute approximate surface area is 176 Å². The third kappa shape index (κ3) is 2.02. The van der Waals surface area contributed by atoms with Crippen LogP contribution in [0.1, 0.15) is 25.0 Å². The van der Waals surface area contributed by atoms with Crippen molar-refractivity contribution in [3.8, 4) is 5.69 Å². The van der Waals surface area contributed by atoms with Gasteiger partial charge < -0.3 is 4.57 Å². The van der Waals surface area contributed by atoms with Gasteiger partial charge in [-0.1, -0.05) is 87.7 Å². The van der Waals surface area contributed by atoms with Crippen LogP contribution in [0.15, 0.2) is 97.6 Å². The maximum Gasteiger partial charge on any atom is 0.0544 e. The number of aromatic nitrogens is 1. The van der Waals surface area contributed by atoms with Crippen LogP contribution in [0.4, 0.5) is 0 Å². The zero-order chi connectivity index (χ0) is 20.6. The summed E-state index contributed by atoms with van der Waals surface area (Å²) in [4.78, 5) is 0.